The van der Waals surface area contributed by atoms with Gasteiger partial charge in [-0.2, -0.15) is 0 Å². The number of aromatic hydroxyl groups is 2. The van der Waals surface area contributed by atoms with Crippen LogP contribution in [0.25, 0.3) is 0 Å². The standard InChI is InChI=1S/C29H28Br2O6/c1-5-14-12-21(30)23(25(32)17(14)7-3)29(24-22(31)13-15(6-2)18(8-4)26(24)33)20-10-9-16(27(34)35)11-19(20)28(36)37-29/h9-13,32-33H,5-8H2,1-4H3,(H,34,35). The second-order valence-electron chi connectivity index (χ2n) is 8.99. The molecule has 1 aliphatic rings. The topological polar surface area (TPSA) is 104 Å². The molecule has 3 N–H and O–H groups in total. The van der Waals surface area contributed by atoms with E-state index in [-0.39, 0.29) is 33.8 Å². The van der Waals surface area contributed by atoms with Gasteiger partial charge in [0.1, 0.15) is 11.5 Å². The third-order valence-electron chi connectivity index (χ3n) is 7.18. The van der Waals surface area contributed by atoms with Crippen LogP contribution < -0.4 is 0 Å². The summed E-state index contributed by atoms with van der Waals surface area (Å²) in [4.78, 5) is 25.1. The van der Waals surface area contributed by atoms with Gasteiger partial charge in [-0.25, -0.2) is 9.59 Å². The zero-order valence-electron chi connectivity index (χ0n) is 21.0. The van der Waals surface area contributed by atoms with Gasteiger partial charge in [-0.15, -0.1) is 0 Å². The fourth-order valence-corrected chi connectivity index (χ4v) is 6.93. The Morgan fingerprint density at radius 3 is 1.73 bits per heavy atom. The number of carbonyl (C=O) groups excluding carboxylic acids is 1. The van der Waals surface area contributed by atoms with Gasteiger partial charge in [-0.05, 0) is 72.2 Å². The van der Waals surface area contributed by atoms with Crippen molar-refractivity contribution < 1.29 is 29.6 Å². The molecule has 1 heterocycles. The number of aromatic carboxylic acids is 1. The SMILES string of the molecule is CCc1cc(Br)c(C2(c3c(Br)cc(CC)c(CC)c3O)OC(=O)c3cc(C(=O)O)ccc32)c(O)c1CC. The molecular weight excluding hydrogens is 604 g/mol. The van der Waals surface area contributed by atoms with Crippen molar-refractivity contribution in [3.63, 3.8) is 0 Å². The summed E-state index contributed by atoms with van der Waals surface area (Å²) in [6.07, 6.45) is 2.43. The molecule has 0 fully saturated rings. The van der Waals surface area contributed by atoms with Crippen LogP contribution in [0.3, 0.4) is 0 Å². The minimum absolute atomic E-state index is 0.0411. The quantitative estimate of drug-likeness (QED) is 0.242. The summed E-state index contributed by atoms with van der Waals surface area (Å²) in [5.41, 5.74) is 2.45. The summed E-state index contributed by atoms with van der Waals surface area (Å²) in [6.45, 7) is 7.86. The molecule has 4 rings (SSSR count). The van der Waals surface area contributed by atoms with E-state index in [4.69, 9.17) is 4.74 Å². The van der Waals surface area contributed by atoms with Crippen molar-refractivity contribution in [3.8, 4) is 11.5 Å². The first-order valence-corrected chi connectivity index (χ1v) is 13.8. The maximum atomic E-state index is 13.4. The van der Waals surface area contributed by atoms with Gasteiger partial charge >= 0.3 is 11.9 Å². The van der Waals surface area contributed by atoms with E-state index in [1.165, 1.54) is 18.2 Å². The van der Waals surface area contributed by atoms with Crippen LogP contribution in [0.15, 0.2) is 39.3 Å². The number of hydrogen-bond donors (Lipinski definition) is 3. The van der Waals surface area contributed by atoms with E-state index in [1.807, 2.05) is 39.8 Å². The molecular formula is C29H28Br2O6. The summed E-state index contributed by atoms with van der Waals surface area (Å²) >= 11 is 7.25. The molecule has 3 aromatic rings. The number of esters is 1. The number of phenols is 2. The van der Waals surface area contributed by atoms with E-state index < -0.39 is 17.5 Å². The molecule has 8 heteroatoms. The first-order chi connectivity index (χ1) is 17.6. The van der Waals surface area contributed by atoms with E-state index in [2.05, 4.69) is 31.9 Å². The molecule has 3 aromatic carbocycles. The lowest BCUT2D eigenvalue weighted by atomic mass is 9.76. The maximum absolute atomic E-state index is 13.4. The molecule has 0 saturated carbocycles. The van der Waals surface area contributed by atoms with Crippen molar-refractivity contribution in [2.45, 2.75) is 59.0 Å². The molecule has 0 amide bonds. The number of ether oxygens (including phenoxy) is 1. The molecule has 0 radical (unpaired) electrons. The number of phenolic OH excluding ortho intramolecular Hbond substituents is 2. The van der Waals surface area contributed by atoms with Crippen LogP contribution in [0.2, 0.25) is 0 Å². The average molecular weight is 632 g/mol. The Kier molecular flexibility index (Phi) is 7.45. The van der Waals surface area contributed by atoms with Gasteiger partial charge in [0.15, 0.2) is 5.60 Å². The van der Waals surface area contributed by atoms with E-state index in [1.54, 1.807) is 0 Å². The zero-order valence-corrected chi connectivity index (χ0v) is 24.2. The molecule has 0 aromatic heterocycles. The fourth-order valence-electron chi connectivity index (χ4n) is 5.44. The number of benzene rings is 3. The van der Waals surface area contributed by atoms with Gasteiger partial charge < -0.3 is 20.1 Å². The molecule has 0 saturated heterocycles. The van der Waals surface area contributed by atoms with Crippen molar-refractivity contribution in [1.82, 2.24) is 0 Å². The van der Waals surface area contributed by atoms with Crippen molar-refractivity contribution >= 4 is 43.8 Å². The smallest absolute Gasteiger partial charge is 0.340 e. The number of carbonyl (C=O) groups is 2. The Hall–Kier alpha value is -2.84. The fraction of sp³-hybridized carbons (Fsp3) is 0.310. The first-order valence-electron chi connectivity index (χ1n) is 12.3. The first kappa shape index (κ1) is 27.2. The van der Waals surface area contributed by atoms with Gasteiger partial charge in [0.25, 0.3) is 0 Å². The summed E-state index contributed by atoms with van der Waals surface area (Å²) in [6, 6.07) is 8.01. The van der Waals surface area contributed by atoms with Crippen LogP contribution in [0, 0.1) is 0 Å². The van der Waals surface area contributed by atoms with Crippen LogP contribution in [0.5, 0.6) is 11.5 Å². The number of aryl methyl sites for hydroxylation is 2. The van der Waals surface area contributed by atoms with Crippen LogP contribution in [0.4, 0.5) is 0 Å². The molecule has 0 spiro atoms. The number of halogens is 2. The molecule has 1 aliphatic heterocycles. The lowest BCUT2D eigenvalue weighted by Crippen LogP contribution is -2.32. The van der Waals surface area contributed by atoms with Gasteiger partial charge in [-0.1, -0.05) is 65.6 Å². The summed E-state index contributed by atoms with van der Waals surface area (Å²) in [7, 11) is 0. The predicted octanol–water partition coefficient (Wildman–Crippen LogP) is 7.03. The van der Waals surface area contributed by atoms with E-state index >= 15 is 0 Å². The minimum atomic E-state index is -1.75. The third kappa shape index (κ3) is 4.05. The normalized spacial score (nSPS) is 13.9. The summed E-state index contributed by atoms with van der Waals surface area (Å²) in [5, 5.41) is 33.0. The molecule has 0 unspecified atom stereocenters. The molecule has 37 heavy (non-hydrogen) atoms. The van der Waals surface area contributed by atoms with Crippen LogP contribution >= 0.6 is 31.9 Å². The highest BCUT2D eigenvalue weighted by molar-refractivity contribution is 9.10. The Bertz CT molecular complexity index is 1380. The number of carboxylic acid groups (broad SMARTS) is 1. The average Bonchev–Trinajstić information content (AvgIpc) is 3.15. The Balaban J connectivity index is 2.24. The Labute approximate surface area is 232 Å². The number of rotatable bonds is 7. The monoisotopic (exact) mass is 630 g/mol. The van der Waals surface area contributed by atoms with Crippen molar-refractivity contribution in [1.29, 1.82) is 0 Å². The highest BCUT2D eigenvalue weighted by Crippen LogP contribution is 2.57. The van der Waals surface area contributed by atoms with E-state index in [9.17, 15) is 24.9 Å². The minimum Gasteiger partial charge on any atom is -0.507 e. The van der Waals surface area contributed by atoms with Crippen molar-refractivity contribution in [2.75, 3.05) is 0 Å². The lowest BCUT2D eigenvalue weighted by molar-refractivity contribution is 0.0234. The maximum Gasteiger partial charge on any atom is 0.340 e. The largest absolute Gasteiger partial charge is 0.507 e. The summed E-state index contributed by atoms with van der Waals surface area (Å²) < 4.78 is 7.19. The van der Waals surface area contributed by atoms with E-state index in [0.29, 0.717) is 51.3 Å². The number of fused-ring (bicyclic) bond motifs is 1. The van der Waals surface area contributed by atoms with Gasteiger partial charge in [0.05, 0.1) is 22.3 Å². The Morgan fingerprint density at radius 2 is 1.32 bits per heavy atom. The second kappa shape index (κ2) is 10.1. The molecule has 0 aliphatic carbocycles. The predicted molar refractivity (Wildman–Crippen MR) is 148 cm³/mol. The van der Waals surface area contributed by atoms with Crippen LogP contribution in [-0.2, 0) is 36.0 Å². The van der Waals surface area contributed by atoms with Crippen LogP contribution in [-0.4, -0.2) is 27.3 Å². The zero-order chi connectivity index (χ0) is 27.2. The highest BCUT2D eigenvalue weighted by Gasteiger charge is 2.54. The number of hydrogen-bond acceptors (Lipinski definition) is 5. The summed E-state index contributed by atoms with van der Waals surface area (Å²) in [5.74, 6) is -2.01. The van der Waals surface area contributed by atoms with Gasteiger partial charge in [-0.3, -0.25) is 0 Å². The second-order valence-corrected chi connectivity index (χ2v) is 10.7. The van der Waals surface area contributed by atoms with Crippen molar-refractivity contribution in [2.24, 2.45) is 0 Å². The molecule has 0 atom stereocenters. The Morgan fingerprint density at radius 1 is 0.838 bits per heavy atom. The number of cyclic esters (lactones) is 1. The van der Waals surface area contributed by atoms with Crippen LogP contribution in [0.1, 0.15) is 87.4 Å². The third-order valence-corrected chi connectivity index (χ3v) is 8.44. The highest BCUT2D eigenvalue weighted by atomic mass is 79.9. The molecule has 0 bridgehead atoms. The molecule has 194 valence electrons. The van der Waals surface area contributed by atoms with Gasteiger partial charge in [0, 0.05) is 14.5 Å². The number of carboxylic acids is 1. The van der Waals surface area contributed by atoms with Crippen molar-refractivity contribution in [3.05, 3.63) is 89.3 Å². The molecule has 6 nitrogen and oxygen atoms in total. The van der Waals surface area contributed by atoms with Gasteiger partial charge in [0.2, 0.25) is 0 Å². The lowest BCUT2D eigenvalue weighted by Gasteiger charge is -2.35. The van der Waals surface area contributed by atoms with E-state index in [0.717, 1.165) is 11.1 Å².